The summed E-state index contributed by atoms with van der Waals surface area (Å²) in [6, 6.07) is 0. The first-order valence-corrected chi connectivity index (χ1v) is 5.57. The molecule has 0 atom stereocenters. The van der Waals surface area contributed by atoms with Crippen molar-refractivity contribution in [2.24, 2.45) is 10.8 Å². The van der Waals surface area contributed by atoms with Crippen LogP contribution in [0.5, 0.6) is 0 Å². The van der Waals surface area contributed by atoms with Gasteiger partial charge in [0.2, 0.25) is 0 Å². The van der Waals surface area contributed by atoms with E-state index in [4.69, 9.17) is 4.74 Å². The summed E-state index contributed by atoms with van der Waals surface area (Å²) in [5.74, 6) is 0.918. The van der Waals surface area contributed by atoms with E-state index in [0.29, 0.717) is 5.41 Å². The zero-order valence-electron chi connectivity index (χ0n) is 10.7. The fraction of sp³-hybridized carbons (Fsp3) is 0.833. The molecule has 2 heteroatoms. The van der Waals surface area contributed by atoms with Crippen LogP contribution in [0.4, 0.5) is 0 Å². The van der Waals surface area contributed by atoms with E-state index in [-0.39, 0.29) is 5.41 Å². The van der Waals surface area contributed by atoms with E-state index < -0.39 is 0 Å². The molecule has 14 heavy (non-hydrogen) atoms. The molecule has 0 spiro atoms. The minimum Gasteiger partial charge on any atom is -0.498 e. The standard InChI is InChI=1S/C12H25BO/c1-7-14-10(2)12(5,6)8-11(3,4)9-13/h2,7-9,13H2,1,3-6H3. The summed E-state index contributed by atoms with van der Waals surface area (Å²) < 4.78 is 5.50. The number of allylic oxidation sites excluding steroid dienone is 1. The quantitative estimate of drug-likeness (QED) is 0.468. The molecule has 0 saturated carbocycles. The molecule has 0 aliphatic carbocycles. The molecule has 0 fully saturated rings. The average molecular weight is 196 g/mol. The third kappa shape index (κ3) is 4.21. The van der Waals surface area contributed by atoms with E-state index in [1.807, 2.05) is 6.92 Å². The molecule has 0 aliphatic rings. The van der Waals surface area contributed by atoms with Crippen LogP contribution in [0.2, 0.25) is 6.32 Å². The Labute approximate surface area is 90.3 Å². The molecule has 0 aromatic heterocycles. The molecular weight excluding hydrogens is 171 g/mol. The molecule has 0 radical (unpaired) electrons. The first-order chi connectivity index (χ1) is 6.25. The van der Waals surface area contributed by atoms with Crippen molar-refractivity contribution >= 4 is 7.85 Å². The van der Waals surface area contributed by atoms with Crippen LogP contribution in [-0.4, -0.2) is 14.5 Å². The van der Waals surface area contributed by atoms with E-state index in [0.717, 1.165) is 18.8 Å². The molecule has 1 nitrogen and oxygen atoms in total. The zero-order valence-corrected chi connectivity index (χ0v) is 10.7. The topological polar surface area (TPSA) is 9.23 Å². The molecule has 82 valence electrons. The van der Waals surface area contributed by atoms with Gasteiger partial charge in [0.15, 0.2) is 0 Å². The number of ether oxygens (including phenoxy) is 1. The van der Waals surface area contributed by atoms with Crippen molar-refractivity contribution in [3.63, 3.8) is 0 Å². The van der Waals surface area contributed by atoms with Crippen LogP contribution < -0.4 is 0 Å². The second-order valence-electron chi connectivity index (χ2n) is 5.43. The lowest BCUT2D eigenvalue weighted by Crippen LogP contribution is -2.25. The maximum Gasteiger partial charge on any atom is 0.102 e. The fourth-order valence-corrected chi connectivity index (χ4v) is 1.79. The van der Waals surface area contributed by atoms with E-state index in [9.17, 15) is 0 Å². The van der Waals surface area contributed by atoms with Crippen LogP contribution >= 0.6 is 0 Å². The second-order valence-corrected chi connectivity index (χ2v) is 5.43. The van der Waals surface area contributed by atoms with Crippen LogP contribution in [0.1, 0.15) is 41.0 Å². The van der Waals surface area contributed by atoms with Gasteiger partial charge in [0.05, 0.1) is 12.4 Å². The Hall–Kier alpha value is -0.395. The summed E-state index contributed by atoms with van der Waals surface area (Å²) >= 11 is 0. The molecule has 0 N–H and O–H groups in total. The normalized spacial score (nSPS) is 12.6. The Balaban J connectivity index is 4.40. The van der Waals surface area contributed by atoms with Crippen molar-refractivity contribution in [3.8, 4) is 0 Å². The largest absolute Gasteiger partial charge is 0.498 e. The third-order valence-electron chi connectivity index (χ3n) is 2.95. The van der Waals surface area contributed by atoms with Gasteiger partial charge >= 0.3 is 0 Å². The van der Waals surface area contributed by atoms with Gasteiger partial charge in [0, 0.05) is 5.41 Å². The van der Waals surface area contributed by atoms with Gasteiger partial charge in [-0.15, -0.1) is 0 Å². The lowest BCUT2D eigenvalue weighted by Gasteiger charge is -2.35. The lowest BCUT2D eigenvalue weighted by molar-refractivity contribution is 0.122. The molecule has 0 aromatic rings. The van der Waals surface area contributed by atoms with Gasteiger partial charge in [-0.05, 0) is 18.8 Å². The molecular formula is C12H25BO. The Bertz CT molecular complexity index is 194. The van der Waals surface area contributed by atoms with Crippen LogP contribution in [-0.2, 0) is 4.74 Å². The summed E-state index contributed by atoms with van der Waals surface area (Å²) in [7, 11) is 2.24. The van der Waals surface area contributed by atoms with Crippen molar-refractivity contribution < 1.29 is 4.74 Å². The van der Waals surface area contributed by atoms with Crippen molar-refractivity contribution in [1.82, 2.24) is 0 Å². The number of rotatable bonds is 6. The Morgan fingerprint density at radius 1 is 1.29 bits per heavy atom. The Morgan fingerprint density at radius 2 is 1.79 bits per heavy atom. The summed E-state index contributed by atoms with van der Waals surface area (Å²) in [6.07, 6.45) is 2.31. The van der Waals surface area contributed by atoms with Gasteiger partial charge in [-0.3, -0.25) is 0 Å². The predicted molar refractivity (Wildman–Crippen MR) is 66.3 cm³/mol. The predicted octanol–water partition coefficient (Wildman–Crippen LogP) is 3.03. The second kappa shape index (κ2) is 4.90. The third-order valence-corrected chi connectivity index (χ3v) is 2.95. The van der Waals surface area contributed by atoms with Gasteiger partial charge in [-0.1, -0.05) is 40.6 Å². The van der Waals surface area contributed by atoms with Crippen molar-refractivity contribution in [3.05, 3.63) is 12.3 Å². The smallest absolute Gasteiger partial charge is 0.102 e. The van der Waals surface area contributed by atoms with Crippen LogP contribution in [0.15, 0.2) is 12.3 Å². The highest BCUT2D eigenvalue weighted by Gasteiger charge is 2.30. The van der Waals surface area contributed by atoms with Crippen molar-refractivity contribution in [2.75, 3.05) is 6.61 Å². The first kappa shape index (κ1) is 13.6. The number of hydrogen-bond donors (Lipinski definition) is 0. The summed E-state index contributed by atoms with van der Waals surface area (Å²) in [5.41, 5.74) is 0.444. The van der Waals surface area contributed by atoms with Gasteiger partial charge < -0.3 is 4.74 Å². The average Bonchev–Trinajstić information content (AvgIpc) is 2.03. The van der Waals surface area contributed by atoms with Crippen molar-refractivity contribution in [1.29, 1.82) is 0 Å². The van der Waals surface area contributed by atoms with Crippen LogP contribution in [0.25, 0.3) is 0 Å². The molecule has 0 rings (SSSR count). The highest BCUT2D eigenvalue weighted by atomic mass is 16.5. The molecule has 0 aliphatic heterocycles. The van der Waals surface area contributed by atoms with E-state index in [1.54, 1.807) is 0 Å². The van der Waals surface area contributed by atoms with Gasteiger partial charge in [0.25, 0.3) is 0 Å². The minimum atomic E-state index is 0.0789. The van der Waals surface area contributed by atoms with E-state index in [1.165, 1.54) is 6.32 Å². The molecule has 0 bridgehead atoms. The maximum absolute atomic E-state index is 5.50. The number of hydrogen-bond acceptors (Lipinski definition) is 1. The van der Waals surface area contributed by atoms with Gasteiger partial charge in [-0.2, -0.15) is 0 Å². The van der Waals surface area contributed by atoms with Gasteiger partial charge in [0.1, 0.15) is 7.85 Å². The zero-order chi connectivity index (χ0) is 11.4. The highest BCUT2D eigenvalue weighted by Crippen LogP contribution is 2.40. The molecule has 0 aromatic carbocycles. The fourth-order valence-electron chi connectivity index (χ4n) is 1.79. The molecule has 0 heterocycles. The Morgan fingerprint density at radius 3 is 2.14 bits per heavy atom. The monoisotopic (exact) mass is 196 g/mol. The molecule has 0 unspecified atom stereocenters. The first-order valence-electron chi connectivity index (χ1n) is 5.57. The maximum atomic E-state index is 5.50. The lowest BCUT2D eigenvalue weighted by atomic mass is 9.68. The summed E-state index contributed by atoms with van der Waals surface area (Å²) in [6.45, 7) is 15.8. The van der Waals surface area contributed by atoms with Crippen molar-refractivity contribution in [2.45, 2.75) is 47.4 Å². The summed E-state index contributed by atoms with van der Waals surface area (Å²) in [4.78, 5) is 0. The Kier molecular flexibility index (Phi) is 4.77. The van der Waals surface area contributed by atoms with Crippen LogP contribution in [0.3, 0.4) is 0 Å². The minimum absolute atomic E-state index is 0.0789. The van der Waals surface area contributed by atoms with Gasteiger partial charge in [-0.25, -0.2) is 0 Å². The van der Waals surface area contributed by atoms with Crippen LogP contribution in [0, 0.1) is 10.8 Å². The van der Waals surface area contributed by atoms with E-state index >= 15 is 0 Å². The molecule has 0 amide bonds. The van der Waals surface area contributed by atoms with E-state index in [2.05, 4.69) is 42.1 Å². The SMILES string of the molecule is BCC(C)(C)CC(C)(C)C(=C)OCC. The molecule has 0 saturated heterocycles. The highest BCUT2D eigenvalue weighted by molar-refractivity contribution is 6.08. The summed E-state index contributed by atoms with van der Waals surface area (Å²) in [5, 5.41) is 0.